The Labute approximate surface area is 324 Å². The Hall–Kier alpha value is -7.90. The highest BCUT2D eigenvalue weighted by Crippen LogP contribution is 2.41. The molecule has 0 atom stereocenters. The Bertz CT molecular complexity index is 3530. The molecule has 57 heavy (non-hydrogen) atoms. The van der Waals surface area contributed by atoms with Crippen LogP contribution in [0.4, 0.5) is 0 Å². The van der Waals surface area contributed by atoms with Gasteiger partial charge in [-0.15, -0.1) is 0 Å². The van der Waals surface area contributed by atoms with E-state index in [1.165, 1.54) is 0 Å². The highest BCUT2D eigenvalue weighted by molar-refractivity contribution is 6.25. The van der Waals surface area contributed by atoms with Crippen molar-refractivity contribution in [1.82, 2.24) is 19.9 Å². The molecule has 0 saturated heterocycles. The van der Waals surface area contributed by atoms with E-state index in [0.717, 1.165) is 93.5 Å². The van der Waals surface area contributed by atoms with Gasteiger partial charge in [-0.05, 0) is 82.6 Å². The zero-order valence-corrected chi connectivity index (χ0v) is 30.2. The van der Waals surface area contributed by atoms with Crippen LogP contribution in [0.1, 0.15) is 0 Å². The second-order valence-corrected chi connectivity index (χ2v) is 14.2. The van der Waals surface area contributed by atoms with Crippen LogP contribution < -0.4 is 0 Å². The van der Waals surface area contributed by atoms with Crippen LogP contribution in [0.2, 0.25) is 0 Å². The number of nitrogens with zero attached hydrogens (tertiary/aromatic N) is 4. The summed E-state index contributed by atoms with van der Waals surface area (Å²) in [7, 11) is 0. The predicted octanol–water partition coefficient (Wildman–Crippen LogP) is 13.3. The van der Waals surface area contributed by atoms with Gasteiger partial charge in [0.15, 0.2) is 23.1 Å². The first-order valence-corrected chi connectivity index (χ1v) is 18.8. The molecule has 0 spiro atoms. The van der Waals surface area contributed by atoms with Gasteiger partial charge < -0.3 is 13.3 Å². The zero-order chi connectivity index (χ0) is 37.5. The fourth-order valence-corrected chi connectivity index (χ4v) is 8.00. The van der Waals surface area contributed by atoms with Gasteiger partial charge in [-0.2, -0.15) is 0 Å². The van der Waals surface area contributed by atoms with Gasteiger partial charge in [0.05, 0.1) is 5.39 Å². The number of oxazole rings is 1. The van der Waals surface area contributed by atoms with Crippen LogP contribution >= 0.6 is 0 Å². The highest BCUT2D eigenvalue weighted by atomic mass is 16.4. The van der Waals surface area contributed by atoms with Crippen molar-refractivity contribution in [3.63, 3.8) is 0 Å². The summed E-state index contributed by atoms with van der Waals surface area (Å²) in [4.78, 5) is 20.3. The van der Waals surface area contributed by atoms with E-state index in [-0.39, 0.29) is 0 Å². The molecule has 0 aliphatic heterocycles. The maximum atomic E-state index is 6.51. The zero-order valence-electron chi connectivity index (χ0n) is 30.2. The highest BCUT2D eigenvalue weighted by Gasteiger charge is 2.20. The predicted molar refractivity (Wildman–Crippen MR) is 227 cm³/mol. The summed E-state index contributed by atoms with van der Waals surface area (Å²) in [5.74, 6) is 2.23. The molecular formula is C50H28N4O3. The van der Waals surface area contributed by atoms with Crippen LogP contribution in [0.3, 0.4) is 0 Å². The van der Waals surface area contributed by atoms with Gasteiger partial charge in [-0.1, -0.05) is 109 Å². The summed E-state index contributed by atoms with van der Waals surface area (Å²) in [6, 6.07) is 57.2. The quantitative estimate of drug-likeness (QED) is 0.174. The average molecular weight is 733 g/mol. The molecule has 0 unspecified atom stereocenters. The molecule has 0 radical (unpaired) electrons. The van der Waals surface area contributed by atoms with Crippen molar-refractivity contribution < 1.29 is 13.3 Å². The molecule has 12 aromatic rings. The van der Waals surface area contributed by atoms with Crippen LogP contribution in [-0.2, 0) is 0 Å². The number of furan rings is 2. The van der Waals surface area contributed by atoms with Gasteiger partial charge in [-0.25, -0.2) is 19.9 Å². The van der Waals surface area contributed by atoms with Crippen molar-refractivity contribution in [2.24, 2.45) is 0 Å². The van der Waals surface area contributed by atoms with Gasteiger partial charge in [0, 0.05) is 38.4 Å². The molecule has 7 nitrogen and oxygen atoms in total. The van der Waals surface area contributed by atoms with Gasteiger partial charge in [0.1, 0.15) is 27.8 Å². The first kappa shape index (κ1) is 31.5. The van der Waals surface area contributed by atoms with Gasteiger partial charge >= 0.3 is 0 Å². The molecule has 0 aliphatic rings. The standard InChI is InChI=1S/C50H28N4O3/c1-3-10-29(11-4-1)32-14-9-15-33(26-32)47-52-48(54-49(53-47)35-20-22-37-36-16-7-8-17-40(36)55-43(37)28-35)34-19-18-30-21-24-41-44(38(30)27-34)45-42(56-41)25-23-39-46(45)57-50(51-39)31-12-5-2-6-13-31/h1-28H. The normalized spacial score (nSPS) is 11.9. The Morgan fingerprint density at radius 2 is 0.912 bits per heavy atom. The number of hydrogen-bond donors (Lipinski definition) is 0. The average Bonchev–Trinajstić information content (AvgIpc) is 4.00. The number of aromatic nitrogens is 4. The minimum Gasteiger partial charge on any atom is -0.456 e. The smallest absolute Gasteiger partial charge is 0.227 e. The molecule has 4 heterocycles. The lowest BCUT2D eigenvalue weighted by molar-refractivity contribution is 0.622. The van der Waals surface area contributed by atoms with E-state index in [1.807, 2.05) is 103 Å². The number of hydrogen-bond acceptors (Lipinski definition) is 7. The molecule has 266 valence electrons. The molecule has 12 rings (SSSR count). The number of benzene rings is 8. The van der Waals surface area contributed by atoms with E-state index >= 15 is 0 Å². The molecule has 8 aromatic carbocycles. The fourth-order valence-electron chi connectivity index (χ4n) is 8.00. The second kappa shape index (κ2) is 12.3. The molecular weight excluding hydrogens is 705 g/mol. The SMILES string of the molecule is c1ccc(-c2cccc(-c3nc(-c4ccc5c(c4)oc4ccccc45)nc(-c4ccc5ccc6oc7ccc8nc(-c9ccccc9)oc8c7c6c5c4)n3)c2)cc1. The third-order valence-corrected chi connectivity index (χ3v) is 10.8. The molecule has 0 amide bonds. The van der Waals surface area contributed by atoms with Crippen LogP contribution in [0.15, 0.2) is 183 Å². The summed E-state index contributed by atoms with van der Waals surface area (Å²) in [6.45, 7) is 0. The van der Waals surface area contributed by atoms with Crippen molar-refractivity contribution in [2.45, 2.75) is 0 Å². The maximum absolute atomic E-state index is 6.51. The van der Waals surface area contributed by atoms with Crippen molar-refractivity contribution in [3.8, 4) is 56.7 Å². The molecule has 0 N–H and O–H groups in total. The summed E-state index contributed by atoms with van der Waals surface area (Å²) in [6.07, 6.45) is 0. The lowest BCUT2D eigenvalue weighted by Crippen LogP contribution is -2.00. The molecule has 0 aliphatic carbocycles. The van der Waals surface area contributed by atoms with Crippen molar-refractivity contribution in [1.29, 1.82) is 0 Å². The number of para-hydroxylation sites is 1. The topological polar surface area (TPSA) is 91.0 Å². The fraction of sp³-hybridized carbons (Fsp3) is 0. The van der Waals surface area contributed by atoms with Gasteiger partial charge in [0.25, 0.3) is 0 Å². The summed E-state index contributed by atoms with van der Waals surface area (Å²) >= 11 is 0. The van der Waals surface area contributed by atoms with E-state index in [2.05, 4.69) is 66.7 Å². The van der Waals surface area contributed by atoms with E-state index < -0.39 is 0 Å². The molecule has 0 bridgehead atoms. The minimum absolute atomic E-state index is 0.548. The Kier molecular flexibility index (Phi) is 6.79. The van der Waals surface area contributed by atoms with Crippen LogP contribution in [0.5, 0.6) is 0 Å². The number of rotatable bonds is 5. The molecule has 7 heteroatoms. The lowest BCUT2D eigenvalue weighted by Gasteiger charge is -2.10. The lowest BCUT2D eigenvalue weighted by atomic mass is 10.0. The Morgan fingerprint density at radius 3 is 1.74 bits per heavy atom. The molecule has 0 fully saturated rings. The van der Waals surface area contributed by atoms with Crippen LogP contribution in [0.25, 0.3) is 122 Å². The summed E-state index contributed by atoms with van der Waals surface area (Å²) < 4.78 is 19.2. The van der Waals surface area contributed by atoms with E-state index in [1.54, 1.807) is 0 Å². The number of fused-ring (bicyclic) bond motifs is 10. The first-order valence-electron chi connectivity index (χ1n) is 18.8. The van der Waals surface area contributed by atoms with Crippen LogP contribution in [0, 0.1) is 0 Å². The summed E-state index contributed by atoms with van der Waals surface area (Å²) in [5, 5.41) is 5.99. The van der Waals surface area contributed by atoms with Crippen molar-refractivity contribution in [2.75, 3.05) is 0 Å². The second-order valence-electron chi connectivity index (χ2n) is 14.2. The van der Waals surface area contributed by atoms with Crippen LogP contribution in [-0.4, -0.2) is 19.9 Å². The third kappa shape index (κ3) is 5.13. The van der Waals surface area contributed by atoms with E-state index in [9.17, 15) is 0 Å². The van der Waals surface area contributed by atoms with Crippen molar-refractivity contribution in [3.05, 3.63) is 170 Å². The Balaban J connectivity index is 1.07. The van der Waals surface area contributed by atoms with Crippen molar-refractivity contribution >= 4 is 65.7 Å². The van der Waals surface area contributed by atoms with E-state index in [4.69, 9.17) is 33.2 Å². The van der Waals surface area contributed by atoms with E-state index in [0.29, 0.717) is 28.9 Å². The summed E-state index contributed by atoms with van der Waals surface area (Å²) in [5.41, 5.74) is 10.2. The van der Waals surface area contributed by atoms with Gasteiger partial charge in [-0.3, -0.25) is 0 Å². The maximum Gasteiger partial charge on any atom is 0.227 e. The molecule has 0 saturated carbocycles. The largest absolute Gasteiger partial charge is 0.456 e. The third-order valence-electron chi connectivity index (χ3n) is 10.8. The first-order chi connectivity index (χ1) is 28.2. The molecule has 4 aromatic heterocycles. The monoisotopic (exact) mass is 732 g/mol. The minimum atomic E-state index is 0.548. The Morgan fingerprint density at radius 1 is 0.316 bits per heavy atom. The van der Waals surface area contributed by atoms with Gasteiger partial charge in [0.2, 0.25) is 5.89 Å².